The summed E-state index contributed by atoms with van der Waals surface area (Å²) in [6, 6.07) is 18.1. The van der Waals surface area contributed by atoms with Crippen molar-refractivity contribution in [2.75, 3.05) is 20.8 Å². The Balaban J connectivity index is 1.54. The number of hydrogen-bond donors (Lipinski definition) is 1. The first-order valence-electron chi connectivity index (χ1n) is 9.98. The molecule has 4 rings (SSSR count). The van der Waals surface area contributed by atoms with Crippen LogP contribution in [-0.4, -0.2) is 36.5 Å². The molecular formula is C24H22ClN3O4. The van der Waals surface area contributed by atoms with Crippen molar-refractivity contribution >= 4 is 17.5 Å². The number of benzene rings is 2. The maximum Gasteiger partial charge on any atom is 0.270 e. The highest BCUT2D eigenvalue weighted by Gasteiger charge is 2.19. The Labute approximate surface area is 190 Å². The van der Waals surface area contributed by atoms with Crippen LogP contribution in [0.5, 0.6) is 11.5 Å². The molecule has 0 unspecified atom stereocenters. The predicted octanol–water partition coefficient (Wildman–Crippen LogP) is 4.78. The standard InChI is InChI=1S/C24H22ClN3O4/c1-30-22-9-8-16(13-23(22)31-2)10-11-26-24(29)20-15-19(21-7-4-12-32-21)27-28(20)18-6-3-5-17(25)14-18/h3-9,12-15H,10-11H2,1-2H3,(H,26,29). The van der Waals surface area contributed by atoms with E-state index in [-0.39, 0.29) is 5.91 Å². The largest absolute Gasteiger partial charge is 0.493 e. The summed E-state index contributed by atoms with van der Waals surface area (Å²) >= 11 is 6.15. The van der Waals surface area contributed by atoms with E-state index in [0.717, 1.165) is 5.56 Å². The summed E-state index contributed by atoms with van der Waals surface area (Å²) in [4.78, 5) is 13.0. The third kappa shape index (κ3) is 4.63. The van der Waals surface area contributed by atoms with Gasteiger partial charge in [0.25, 0.3) is 5.91 Å². The lowest BCUT2D eigenvalue weighted by Crippen LogP contribution is -2.27. The average Bonchev–Trinajstić information content (AvgIpc) is 3.49. The number of halogens is 1. The van der Waals surface area contributed by atoms with Gasteiger partial charge in [-0.1, -0.05) is 23.7 Å². The van der Waals surface area contributed by atoms with Gasteiger partial charge in [-0.25, -0.2) is 4.68 Å². The number of nitrogens with one attached hydrogen (secondary N) is 1. The minimum Gasteiger partial charge on any atom is -0.493 e. The van der Waals surface area contributed by atoms with E-state index >= 15 is 0 Å². The minimum absolute atomic E-state index is 0.254. The van der Waals surface area contributed by atoms with Crippen molar-refractivity contribution in [3.05, 3.63) is 83.2 Å². The lowest BCUT2D eigenvalue weighted by Gasteiger charge is -2.11. The molecule has 0 bridgehead atoms. The van der Waals surface area contributed by atoms with E-state index in [1.165, 1.54) is 0 Å². The number of furan rings is 1. The van der Waals surface area contributed by atoms with Crippen LogP contribution in [0.4, 0.5) is 0 Å². The molecule has 1 amide bonds. The Hall–Kier alpha value is -3.71. The van der Waals surface area contributed by atoms with Gasteiger partial charge in [-0.3, -0.25) is 4.79 Å². The molecule has 0 fully saturated rings. The number of ether oxygens (including phenoxy) is 2. The zero-order valence-electron chi connectivity index (χ0n) is 17.7. The van der Waals surface area contributed by atoms with Gasteiger partial charge in [0, 0.05) is 17.6 Å². The van der Waals surface area contributed by atoms with Crippen molar-refractivity contribution in [3.8, 4) is 28.6 Å². The lowest BCUT2D eigenvalue weighted by atomic mass is 10.1. The Morgan fingerprint density at radius 3 is 2.62 bits per heavy atom. The summed E-state index contributed by atoms with van der Waals surface area (Å²) in [5.74, 6) is 1.63. The van der Waals surface area contributed by atoms with E-state index in [2.05, 4.69) is 10.4 Å². The number of nitrogens with zero attached hydrogens (tertiary/aromatic N) is 2. The second-order valence-electron chi connectivity index (χ2n) is 6.98. The highest BCUT2D eigenvalue weighted by Crippen LogP contribution is 2.28. The van der Waals surface area contributed by atoms with Crippen LogP contribution < -0.4 is 14.8 Å². The van der Waals surface area contributed by atoms with E-state index in [4.69, 9.17) is 25.5 Å². The number of carbonyl (C=O) groups excluding carboxylic acids is 1. The summed E-state index contributed by atoms with van der Waals surface area (Å²) in [6.07, 6.45) is 2.19. The molecule has 7 nitrogen and oxygen atoms in total. The highest BCUT2D eigenvalue weighted by atomic mass is 35.5. The predicted molar refractivity (Wildman–Crippen MR) is 122 cm³/mol. The van der Waals surface area contributed by atoms with Crippen LogP contribution in [-0.2, 0) is 6.42 Å². The van der Waals surface area contributed by atoms with Gasteiger partial charge in [-0.2, -0.15) is 5.10 Å². The van der Waals surface area contributed by atoms with Gasteiger partial charge in [-0.15, -0.1) is 0 Å². The van der Waals surface area contributed by atoms with Gasteiger partial charge in [0.15, 0.2) is 17.3 Å². The number of carbonyl (C=O) groups is 1. The normalized spacial score (nSPS) is 10.7. The van der Waals surface area contributed by atoms with Crippen molar-refractivity contribution in [1.29, 1.82) is 0 Å². The molecule has 0 spiro atoms. The van der Waals surface area contributed by atoms with E-state index in [1.807, 2.05) is 30.3 Å². The number of methoxy groups -OCH3 is 2. The van der Waals surface area contributed by atoms with E-state index < -0.39 is 0 Å². The lowest BCUT2D eigenvalue weighted by molar-refractivity contribution is 0.0946. The molecule has 1 N–H and O–H groups in total. The minimum atomic E-state index is -0.254. The highest BCUT2D eigenvalue weighted by molar-refractivity contribution is 6.30. The van der Waals surface area contributed by atoms with Crippen LogP contribution in [0, 0.1) is 0 Å². The number of amides is 1. The maximum atomic E-state index is 13.0. The Morgan fingerprint density at radius 2 is 1.91 bits per heavy atom. The van der Waals surface area contributed by atoms with Crippen molar-refractivity contribution in [2.45, 2.75) is 6.42 Å². The first-order valence-corrected chi connectivity index (χ1v) is 10.4. The zero-order valence-corrected chi connectivity index (χ0v) is 18.4. The van der Waals surface area contributed by atoms with Gasteiger partial charge < -0.3 is 19.2 Å². The van der Waals surface area contributed by atoms with Gasteiger partial charge >= 0.3 is 0 Å². The second kappa shape index (κ2) is 9.62. The van der Waals surface area contributed by atoms with Crippen LogP contribution in [0.25, 0.3) is 17.1 Å². The van der Waals surface area contributed by atoms with Crippen molar-refractivity contribution in [3.63, 3.8) is 0 Å². The molecule has 0 radical (unpaired) electrons. The molecule has 8 heteroatoms. The van der Waals surface area contributed by atoms with Gasteiger partial charge in [0.05, 0.1) is 26.2 Å². The van der Waals surface area contributed by atoms with Crippen LogP contribution in [0.3, 0.4) is 0 Å². The van der Waals surface area contributed by atoms with Gasteiger partial charge in [0.1, 0.15) is 11.4 Å². The molecule has 32 heavy (non-hydrogen) atoms. The van der Waals surface area contributed by atoms with Gasteiger partial charge in [0.2, 0.25) is 0 Å². The summed E-state index contributed by atoms with van der Waals surface area (Å²) < 4.78 is 17.6. The summed E-state index contributed by atoms with van der Waals surface area (Å²) in [5.41, 5.74) is 2.63. The van der Waals surface area contributed by atoms with Gasteiger partial charge in [-0.05, 0) is 54.4 Å². The second-order valence-corrected chi connectivity index (χ2v) is 7.42. The molecule has 4 aromatic rings. The van der Waals surface area contributed by atoms with E-state index in [0.29, 0.717) is 52.3 Å². The monoisotopic (exact) mass is 451 g/mol. The molecule has 0 aliphatic heterocycles. The fourth-order valence-corrected chi connectivity index (χ4v) is 3.52. The van der Waals surface area contributed by atoms with Crippen LogP contribution in [0.15, 0.2) is 71.3 Å². The van der Waals surface area contributed by atoms with E-state index in [1.54, 1.807) is 55.5 Å². The van der Waals surface area contributed by atoms with Crippen molar-refractivity contribution in [2.24, 2.45) is 0 Å². The Bertz CT molecular complexity index is 1220. The third-order valence-corrected chi connectivity index (χ3v) is 5.15. The molecule has 0 aliphatic rings. The fourth-order valence-electron chi connectivity index (χ4n) is 3.34. The molecule has 0 atom stereocenters. The summed E-state index contributed by atoms with van der Waals surface area (Å²) in [7, 11) is 3.19. The number of hydrogen-bond acceptors (Lipinski definition) is 5. The molecule has 2 aromatic heterocycles. The summed E-state index contributed by atoms with van der Waals surface area (Å²) in [6.45, 7) is 0.436. The molecule has 0 saturated carbocycles. The quantitative estimate of drug-likeness (QED) is 0.417. The molecule has 2 heterocycles. The fraction of sp³-hybridized carbons (Fsp3) is 0.167. The molecule has 0 saturated heterocycles. The topological polar surface area (TPSA) is 78.5 Å². The van der Waals surface area contributed by atoms with Crippen molar-refractivity contribution < 1.29 is 18.7 Å². The SMILES string of the molecule is COc1ccc(CCNC(=O)c2cc(-c3ccco3)nn2-c2cccc(Cl)c2)cc1OC. The molecule has 164 valence electrons. The van der Waals surface area contributed by atoms with Crippen LogP contribution in [0.1, 0.15) is 16.1 Å². The Morgan fingerprint density at radius 1 is 1.06 bits per heavy atom. The molecular weight excluding hydrogens is 430 g/mol. The van der Waals surface area contributed by atoms with Crippen LogP contribution >= 0.6 is 11.6 Å². The maximum absolute atomic E-state index is 13.0. The zero-order chi connectivity index (χ0) is 22.5. The average molecular weight is 452 g/mol. The Kier molecular flexibility index (Phi) is 6.47. The van der Waals surface area contributed by atoms with Crippen molar-refractivity contribution in [1.82, 2.24) is 15.1 Å². The first-order chi connectivity index (χ1) is 15.6. The number of aromatic nitrogens is 2. The summed E-state index contributed by atoms with van der Waals surface area (Å²) in [5, 5.41) is 8.08. The molecule has 2 aromatic carbocycles. The van der Waals surface area contributed by atoms with Crippen LogP contribution in [0.2, 0.25) is 5.02 Å². The third-order valence-electron chi connectivity index (χ3n) is 4.92. The molecule has 0 aliphatic carbocycles. The first kappa shape index (κ1) is 21.5. The number of rotatable bonds is 8. The smallest absolute Gasteiger partial charge is 0.270 e. The van der Waals surface area contributed by atoms with E-state index in [9.17, 15) is 4.79 Å².